The van der Waals surface area contributed by atoms with E-state index in [1.807, 2.05) is 13.8 Å². The lowest BCUT2D eigenvalue weighted by Crippen LogP contribution is -2.56. The molecule has 0 saturated heterocycles. The van der Waals surface area contributed by atoms with Crippen molar-refractivity contribution in [1.82, 2.24) is 0 Å². The lowest BCUT2D eigenvalue weighted by Gasteiger charge is -2.42. The summed E-state index contributed by atoms with van der Waals surface area (Å²) in [7, 11) is 0. The largest absolute Gasteiger partial charge is 0.475 e. The van der Waals surface area contributed by atoms with E-state index in [9.17, 15) is 4.79 Å². The molecule has 6 heteroatoms. The van der Waals surface area contributed by atoms with Gasteiger partial charge in [0.15, 0.2) is 5.60 Å². The number of rotatable bonds is 5. The molecule has 1 aliphatic heterocycles. The molecule has 1 heterocycles. The lowest BCUT2D eigenvalue weighted by atomic mass is 9.92. The first-order valence-corrected chi connectivity index (χ1v) is 7.53. The number of carbonyl (C=O) groups excluding carboxylic acids is 1. The van der Waals surface area contributed by atoms with E-state index in [0.717, 1.165) is 5.69 Å². The number of hydrogen-bond acceptors (Lipinski definition) is 4. The first-order chi connectivity index (χ1) is 9.93. The standard InChI is InChI=1S/C15H21N3O2S/c1-3-15(4-2)14(19)18(8-7-13(17)21)11-6-5-10(16)9-12(11)20-15/h5-6,9H,3-4,7-8,16H2,1-2H3,(H2,17,21). The second-order valence-electron chi connectivity index (χ2n) is 5.20. The Bertz CT molecular complexity index is 570. The number of nitrogens with zero attached hydrogens (tertiary/aromatic N) is 1. The monoisotopic (exact) mass is 307 g/mol. The summed E-state index contributed by atoms with van der Waals surface area (Å²) in [5, 5.41) is 0. The van der Waals surface area contributed by atoms with Gasteiger partial charge in [-0.25, -0.2) is 0 Å². The molecule has 114 valence electrons. The molecule has 0 aromatic heterocycles. The third-order valence-corrected chi connectivity index (χ3v) is 4.14. The van der Waals surface area contributed by atoms with Crippen molar-refractivity contribution in [2.24, 2.45) is 5.73 Å². The highest BCUT2D eigenvalue weighted by molar-refractivity contribution is 7.80. The number of fused-ring (bicyclic) bond motifs is 1. The molecular formula is C15H21N3O2S. The first kappa shape index (κ1) is 15.6. The molecule has 0 saturated carbocycles. The Kier molecular flexibility index (Phi) is 4.37. The van der Waals surface area contributed by atoms with Crippen LogP contribution in [-0.4, -0.2) is 23.0 Å². The van der Waals surface area contributed by atoms with Gasteiger partial charge in [0.25, 0.3) is 5.91 Å². The molecular weight excluding hydrogens is 286 g/mol. The fourth-order valence-corrected chi connectivity index (χ4v) is 2.68. The van der Waals surface area contributed by atoms with Gasteiger partial charge in [0.2, 0.25) is 0 Å². The molecule has 1 aromatic carbocycles. The normalized spacial score (nSPS) is 16.3. The Hall–Kier alpha value is -1.82. The molecule has 0 bridgehead atoms. The molecule has 0 atom stereocenters. The van der Waals surface area contributed by atoms with Gasteiger partial charge in [0, 0.05) is 24.7 Å². The summed E-state index contributed by atoms with van der Waals surface area (Å²) in [4.78, 5) is 15.0. The van der Waals surface area contributed by atoms with Crippen LogP contribution in [0.25, 0.3) is 0 Å². The van der Waals surface area contributed by atoms with Gasteiger partial charge in [-0.15, -0.1) is 0 Å². The number of ether oxygens (including phenoxy) is 1. The summed E-state index contributed by atoms with van der Waals surface area (Å²) >= 11 is 4.92. The Morgan fingerprint density at radius 1 is 1.38 bits per heavy atom. The van der Waals surface area contributed by atoms with Crippen molar-refractivity contribution in [3.8, 4) is 5.75 Å². The van der Waals surface area contributed by atoms with E-state index < -0.39 is 5.60 Å². The van der Waals surface area contributed by atoms with E-state index in [1.165, 1.54) is 0 Å². The zero-order valence-corrected chi connectivity index (χ0v) is 13.2. The number of amides is 1. The Morgan fingerprint density at radius 2 is 2.05 bits per heavy atom. The van der Waals surface area contributed by atoms with Crippen molar-refractivity contribution in [2.45, 2.75) is 38.7 Å². The van der Waals surface area contributed by atoms with Crippen LogP contribution in [0, 0.1) is 0 Å². The number of nitrogen functional groups attached to an aromatic ring is 1. The van der Waals surface area contributed by atoms with Crippen molar-refractivity contribution in [2.75, 3.05) is 17.2 Å². The van der Waals surface area contributed by atoms with Gasteiger partial charge < -0.3 is 21.1 Å². The summed E-state index contributed by atoms with van der Waals surface area (Å²) in [5.74, 6) is 0.599. The molecule has 0 fully saturated rings. The second-order valence-corrected chi connectivity index (χ2v) is 5.73. The maximum atomic E-state index is 12.9. The summed E-state index contributed by atoms with van der Waals surface area (Å²) in [6.45, 7) is 4.35. The summed E-state index contributed by atoms with van der Waals surface area (Å²) in [6, 6.07) is 5.32. The molecule has 1 aromatic rings. The number of benzene rings is 1. The van der Waals surface area contributed by atoms with Crippen molar-refractivity contribution in [3.63, 3.8) is 0 Å². The van der Waals surface area contributed by atoms with Gasteiger partial charge in [0.1, 0.15) is 5.75 Å². The van der Waals surface area contributed by atoms with Crippen molar-refractivity contribution < 1.29 is 9.53 Å². The highest BCUT2D eigenvalue weighted by Crippen LogP contribution is 2.41. The Balaban J connectivity index is 2.46. The van der Waals surface area contributed by atoms with Crippen LogP contribution in [0.15, 0.2) is 18.2 Å². The van der Waals surface area contributed by atoms with Crippen LogP contribution >= 0.6 is 12.2 Å². The number of anilines is 2. The van der Waals surface area contributed by atoms with Crippen LogP contribution < -0.4 is 21.1 Å². The molecule has 21 heavy (non-hydrogen) atoms. The van der Waals surface area contributed by atoms with E-state index >= 15 is 0 Å². The van der Waals surface area contributed by atoms with E-state index in [2.05, 4.69) is 0 Å². The predicted octanol–water partition coefficient (Wildman–Crippen LogP) is 2.23. The number of carbonyl (C=O) groups is 1. The van der Waals surface area contributed by atoms with Crippen molar-refractivity contribution in [1.29, 1.82) is 0 Å². The van der Waals surface area contributed by atoms with Gasteiger partial charge in [-0.2, -0.15) is 0 Å². The van der Waals surface area contributed by atoms with Gasteiger partial charge >= 0.3 is 0 Å². The number of nitrogens with two attached hydrogens (primary N) is 2. The Labute approximate surface area is 130 Å². The molecule has 5 nitrogen and oxygen atoms in total. The fourth-order valence-electron chi connectivity index (χ4n) is 2.59. The second kappa shape index (κ2) is 5.89. The molecule has 0 spiro atoms. The average molecular weight is 307 g/mol. The molecule has 4 N–H and O–H groups in total. The summed E-state index contributed by atoms with van der Waals surface area (Å²) < 4.78 is 6.01. The zero-order chi connectivity index (χ0) is 15.6. The number of hydrogen-bond donors (Lipinski definition) is 2. The van der Waals surface area contributed by atoms with E-state index in [-0.39, 0.29) is 5.91 Å². The molecule has 0 aliphatic carbocycles. The number of thiocarbonyl (C=S) groups is 1. The maximum absolute atomic E-state index is 12.9. The molecule has 1 amide bonds. The van der Waals surface area contributed by atoms with E-state index in [1.54, 1.807) is 23.1 Å². The molecule has 0 unspecified atom stereocenters. The van der Waals surface area contributed by atoms with Gasteiger partial charge in [-0.3, -0.25) is 4.79 Å². The van der Waals surface area contributed by atoms with Crippen LogP contribution in [0.1, 0.15) is 33.1 Å². The molecule has 1 aliphatic rings. The third-order valence-electron chi connectivity index (χ3n) is 3.94. The van der Waals surface area contributed by atoms with Gasteiger partial charge in [-0.1, -0.05) is 26.1 Å². The topological polar surface area (TPSA) is 81.6 Å². The predicted molar refractivity (Wildman–Crippen MR) is 88.6 cm³/mol. The minimum atomic E-state index is -0.836. The minimum absolute atomic E-state index is 0.0407. The minimum Gasteiger partial charge on any atom is -0.475 e. The highest BCUT2D eigenvalue weighted by atomic mass is 32.1. The third kappa shape index (κ3) is 2.81. The summed E-state index contributed by atoms with van der Waals surface area (Å²) in [5.41, 5.74) is 11.9. The zero-order valence-electron chi connectivity index (χ0n) is 12.4. The fraction of sp³-hybridized carbons (Fsp3) is 0.467. The molecule has 2 rings (SSSR count). The average Bonchev–Trinajstić information content (AvgIpc) is 2.45. The first-order valence-electron chi connectivity index (χ1n) is 7.12. The maximum Gasteiger partial charge on any atom is 0.271 e. The lowest BCUT2D eigenvalue weighted by molar-refractivity contribution is -0.136. The van der Waals surface area contributed by atoms with Crippen LogP contribution in [0.5, 0.6) is 5.75 Å². The smallest absolute Gasteiger partial charge is 0.271 e. The van der Waals surface area contributed by atoms with Crippen molar-refractivity contribution >= 4 is 34.5 Å². The van der Waals surface area contributed by atoms with Crippen LogP contribution in [0.2, 0.25) is 0 Å². The molecule has 0 radical (unpaired) electrons. The van der Waals surface area contributed by atoms with E-state index in [0.29, 0.717) is 42.2 Å². The van der Waals surface area contributed by atoms with Crippen molar-refractivity contribution in [3.05, 3.63) is 18.2 Å². The highest BCUT2D eigenvalue weighted by Gasteiger charge is 2.45. The van der Waals surface area contributed by atoms with Gasteiger partial charge in [-0.05, 0) is 25.0 Å². The summed E-state index contributed by atoms with van der Waals surface area (Å²) in [6.07, 6.45) is 1.68. The van der Waals surface area contributed by atoms with Crippen LogP contribution in [0.3, 0.4) is 0 Å². The van der Waals surface area contributed by atoms with Gasteiger partial charge in [0.05, 0.1) is 10.7 Å². The van der Waals surface area contributed by atoms with E-state index in [4.69, 9.17) is 28.4 Å². The van der Waals surface area contributed by atoms with Crippen LogP contribution in [0.4, 0.5) is 11.4 Å². The SMILES string of the molecule is CCC1(CC)Oc2cc(N)ccc2N(CCC(N)=S)C1=O. The Morgan fingerprint density at radius 3 is 2.62 bits per heavy atom. The van der Waals surface area contributed by atoms with Crippen LogP contribution in [-0.2, 0) is 4.79 Å². The quantitative estimate of drug-likeness (QED) is 0.644.